The molecule has 0 heterocycles. The van der Waals surface area contributed by atoms with Crippen LogP contribution in [0.15, 0.2) is 36.4 Å². The second-order valence-electron chi connectivity index (χ2n) is 7.55. The minimum absolute atomic E-state index is 0.205. The highest BCUT2D eigenvalue weighted by atomic mass is 16.5. The van der Waals surface area contributed by atoms with Crippen LogP contribution in [-0.2, 0) is 9.59 Å². The Morgan fingerprint density at radius 3 is 1.44 bits per heavy atom. The maximum Gasteiger partial charge on any atom is 0.307 e. The van der Waals surface area contributed by atoms with Crippen molar-refractivity contribution >= 4 is 34.7 Å². The number of benzene rings is 2. The zero-order chi connectivity index (χ0) is 23.7. The van der Waals surface area contributed by atoms with Gasteiger partial charge in [-0.15, -0.1) is 0 Å². The van der Waals surface area contributed by atoms with E-state index in [0.29, 0.717) is 59.9 Å². The maximum atomic E-state index is 11.2. The van der Waals surface area contributed by atoms with Crippen molar-refractivity contribution in [3.05, 3.63) is 36.4 Å². The summed E-state index contributed by atoms with van der Waals surface area (Å²) < 4.78 is 11.6. The van der Waals surface area contributed by atoms with Gasteiger partial charge in [-0.2, -0.15) is 0 Å². The molecule has 2 rings (SSSR count). The first-order valence-electron chi connectivity index (χ1n) is 10.2. The first-order chi connectivity index (χ1) is 15.1. The monoisotopic (exact) mass is 446 g/mol. The van der Waals surface area contributed by atoms with Crippen molar-refractivity contribution < 1.29 is 29.3 Å². The van der Waals surface area contributed by atoms with E-state index in [9.17, 15) is 19.8 Å². The van der Waals surface area contributed by atoms with Crippen LogP contribution in [0, 0.1) is 0 Å². The predicted octanol–water partition coefficient (Wildman–Crippen LogP) is 2.72. The Morgan fingerprint density at radius 2 is 1.09 bits per heavy atom. The van der Waals surface area contributed by atoms with Crippen molar-refractivity contribution in [2.45, 2.75) is 50.7 Å². The van der Waals surface area contributed by atoms with E-state index >= 15 is 0 Å². The number of nitrogens with two attached hydrogens (primary N) is 4. The summed E-state index contributed by atoms with van der Waals surface area (Å²) in [5.74, 6) is -1.33. The highest BCUT2D eigenvalue weighted by Crippen LogP contribution is 2.28. The van der Waals surface area contributed by atoms with Crippen molar-refractivity contribution in [2.24, 2.45) is 0 Å². The van der Waals surface area contributed by atoms with Gasteiger partial charge < -0.3 is 42.6 Å². The minimum Gasteiger partial charge on any atom is -0.488 e. The fourth-order valence-electron chi connectivity index (χ4n) is 3.20. The molecule has 2 aromatic carbocycles. The highest BCUT2D eigenvalue weighted by Gasteiger charge is 2.19. The number of ether oxygens (including phenoxy) is 2. The molecule has 0 radical (unpaired) electrons. The smallest absolute Gasteiger partial charge is 0.307 e. The van der Waals surface area contributed by atoms with Gasteiger partial charge >= 0.3 is 11.9 Å². The molecular formula is C22H30N4O6. The van der Waals surface area contributed by atoms with Gasteiger partial charge in [0.15, 0.2) is 0 Å². The number of rotatable bonds is 13. The summed E-state index contributed by atoms with van der Waals surface area (Å²) >= 11 is 0. The van der Waals surface area contributed by atoms with Crippen LogP contribution in [0.4, 0.5) is 22.7 Å². The molecule has 174 valence electrons. The zero-order valence-corrected chi connectivity index (χ0v) is 17.7. The lowest BCUT2D eigenvalue weighted by Crippen LogP contribution is -2.23. The molecule has 0 fully saturated rings. The van der Waals surface area contributed by atoms with Gasteiger partial charge in [0, 0.05) is 23.5 Å². The lowest BCUT2D eigenvalue weighted by atomic mass is 10.0. The molecule has 0 saturated carbocycles. The van der Waals surface area contributed by atoms with E-state index in [1.807, 2.05) is 0 Å². The van der Waals surface area contributed by atoms with Gasteiger partial charge in [-0.1, -0.05) is 0 Å². The second-order valence-corrected chi connectivity index (χ2v) is 7.55. The van der Waals surface area contributed by atoms with Crippen LogP contribution < -0.4 is 32.4 Å². The topological polar surface area (TPSA) is 197 Å². The first kappa shape index (κ1) is 24.4. The highest BCUT2D eigenvalue weighted by molar-refractivity contribution is 5.68. The molecule has 10 heteroatoms. The molecule has 2 aromatic rings. The van der Waals surface area contributed by atoms with E-state index in [4.69, 9.17) is 32.4 Å². The number of unbranched alkanes of at least 4 members (excludes halogenated alkanes) is 1. The van der Waals surface area contributed by atoms with E-state index in [1.165, 1.54) is 0 Å². The zero-order valence-electron chi connectivity index (χ0n) is 17.7. The number of nitrogen functional groups attached to an aromatic ring is 4. The summed E-state index contributed by atoms with van der Waals surface area (Å²) in [6.45, 7) is 0. The molecule has 0 bridgehead atoms. The Labute approximate surface area is 186 Å². The SMILES string of the molecule is Nc1ccc(N)c(OC(CCCCC(CC(=O)O)Oc2cc(N)ccc2N)CC(=O)O)c1. The Balaban J connectivity index is 1.95. The number of anilines is 4. The van der Waals surface area contributed by atoms with Gasteiger partial charge in [0.2, 0.25) is 0 Å². The minimum atomic E-state index is -0.998. The summed E-state index contributed by atoms with van der Waals surface area (Å²) in [5, 5.41) is 18.4. The molecule has 0 amide bonds. The summed E-state index contributed by atoms with van der Waals surface area (Å²) in [5.41, 5.74) is 24.9. The Kier molecular flexibility index (Phi) is 8.82. The number of carboxylic acids is 2. The van der Waals surface area contributed by atoms with Gasteiger partial charge in [-0.3, -0.25) is 9.59 Å². The van der Waals surface area contributed by atoms with Crippen molar-refractivity contribution in [2.75, 3.05) is 22.9 Å². The largest absolute Gasteiger partial charge is 0.488 e. The number of carbonyl (C=O) groups is 2. The quantitative estimate of drug-likeness (QED) is 0.196. The average molecular weight is 447 g/mol. The standard InChI is InChI=1S/C22H30N4O6/c23-13-5-7-17(25)19(9-13)31-15(11-21(27)28)3-1-2-4-16(12-22(29)30)32-20-10-14(24)6-8-18(20)26/h5-10,15-16H,1-4,11-12,23-26H2,(H,27,28)(H,29,30). The molecule has 2 atom stereocenters. The van der Waals surface area contributed by atoms with E-state index in [1.54, 1.807) is 36.4 Å². The van der Waals surface area contributed by atoms with Crippen molar-refractivity contribution in [3.63, 3.8) is 0 Å². The third-order valence-corrected chi connectivity index (χ3v) is 4.77. The number of hydrogen-bond acceptors (Lipinski definition) is 8. The molecule has 32 heavy (non-hydrogen) atoms. The molecule has 0 aromatic heterocycles. The number of carboxylic acid groups (broad SMARTS) is 2. The molecule has 0 spiro atoms. The van der Waals surface area contributed by atoms with Crippen LogP contribution in [0.2, 0.25) is 0 Å². The number of hydrogen-bond donors (Lipinski definition) is 6. The van der Waals surface area contributed by atoms with E-state index in [2.05, 4.69) is 0 Å². The second kappa shape index (κ2) is 11.5. The molecular weight excluding hydrogens is 416 g/mol. The lowest BCUT2D eigenvalue weighted by Gasteiger charge is -2.21. The number of aliphatic carboxylic acids is 2. The third kappa shape index (κ3) is 8.13. The van der Waals surface area contributed by atoms with Crippen LogP contribution in [0.1, 0.15) is 38.5 Å². The molecule has 0 aliphatic heterocycles. The average Bonchev–Trinajstić information content (AvgIpc) is 2.69. The Hall–Kier alpha value is -3.82. The molecule has 10 nitrogen and oxygen atoms in total. The fraction of sp³-hybridized carbons (Fsp3) is 0.364. The van der Waals surface area contributed by atoms with Crippen LogP contribution in [-0.4, -0.2) is 34.4 Å². The Morgan fingerprint density at radius 1 is 0.719 bits per heavy atom. The van der Waals surface area contributed by atoms with Crippen LogP contribution in [0.5, 0.6) is 11.5 Å². The molecule has 0 aliphatic carbocycles. The first-order valence-corrected chi connectivity index (χ1v) is 10.2. The summed E-state index contributed by atoms with van der Waals surface area (Å²) in [7, 11) is 0. The van der Waals surface area contributed by atoms with Crippen molar-refractivity contribution in [1.82, 2.24) is 0 Å². The summed E-state index contributed by atoms with van der Waals surface area (Å²) in [6.07, 6.45) is 0.409. The lowest BCUT2D eigenvalue weighted by molar-refractivity contribution is -0.140. The maximum absolute atomic E-state index is 11.2. The van der Waals surface area contributed by atoms with Crippen molar-refractivity contribution in [1.29, 1.82) is 0 Å². The van der Waals surface area contributed by atoms with Gasteiger partial charge in [-0.05, 0) is 49.9 Å². The van der Waals surface area contributed by atoms with E-state index in [0.717, 1.165) is 0 Å². The van der Waals surface area contributed by atoms with Gasteiger partial charge in [0.1, 0.15) is 23.7 Å². The van der Waals surface area contributed by atoms with Gasteiger partial charge in [0.25, 0.3) is 0 Å². The molecule has 0 aliphatic rings. The molecule has 10 N–H and O–H groups in total. The van der Waals surface area contributed by atoms with Crippen LogP contribution >= 0.6 is 0 Å². The van der Waals surface area contributed by atoms with Gasteiger partial charge in [0.05, 0.1) is 24.2 Å². The predicted molar refractivity (Wildman–Crippen MR) is 122 cm³/mol. The van der Waals surface area contributed by atoms with Crippen LogP contribution in [0.3, 0.4) is 0 Å². The third-order valence-electron chi connectivity index (χ3n) is 4.77. The van der Waals surface area contributed by atoms with Crippen molar-refractivity contribution in [3.8, 4) is 11.5 Å². The van der Waals surface area contributed by atoms with E-state index < -0.39 is 24.1 Å². The van der Waals surface area contributed by atoms with Gasteiger partial charge in [-0.25, -0.2) is 0 Å². The summed E-state index contributed by atoms with van der Waals surface area (Å²) in [4.78, 5) is 22.5. The molecule has 0 saturated heterocycles. The molecule has 2 unspecified atom stereocenters. The fourth-order valence-corrected chi connectivity index (χ4v) is 3.20. The Bertz CT molecular complexity index is 861. The summed E-state index contributed by atoms with van der Waals surface area (Å²) in [6, 6.07) is 9.55. The van der Waals surface area contributed by atoms with E-state index in [-0.39, 0.29) is 12.8 Å². The normalized spacial score (nSPS) is 12.6. The van der Waals surface area contributed by atoms with Crippen LogP contribution in [0.25, 0.3) is 0 Å².